The Morgan fingerprint density at radius 2 is 1.94 bits per heavy atom. The van der Waals surface area contributed by atoms with Gasteiger partial charge >= 0.3 is 0 Å². The highest BCUT2D eigenvalue weighted by Gasteiger charge is 2.17. The van der Waals surface area contributed by atoms with Crippen molar-refractivity contribution in [1.29, 1.82) is 0 Å². The van der Waals surface area contributed by atoms with Gasteiger partial charge in [0.25, 0.3) is 0 Å². The summed E-state index contributed by atoms with van der Waals surface area (Å²) in [6, 6.07) is 4.02. The highest BCUT2D eigenvalue weighted by atomic mass is 16.5. The summed E-state index contributed by atoms with van der Waals surface area (Å²) in [4.78, 5) is 4.76. The van der Waals surface area contributed by atoms with Gasteiger partial charge in [0.1, 0.15) is 11.4 Å². The van der Waals surface area contributed by atoms with Crippen LogP contribution in [0.25, 0.3) is 5.65 Å². The monoisotopic (exact) mass is 246 g/mol. The third kappa shape index (κ3) is 2.22. The van der Waals surface area contributed by atoms with Crippen molar-refractivity contribution >= 4 is 5.65 Å². The summed E-state index contributed by atoms with van der Waals surface area (Å²) in [7, 11) is 0. The summed E-state index contributed by atoms with van der Waals surface area (Å²) in [5.74, 6) is 1.80. The molecule has 0 N–H and O–H groups in total. The van der Waals surface area contributed by atoms with E-state index in [0.29, 0.717) is 18.4 Å². The number of aromatic nitrogens is 2. The van der Waals surface area contributed by atoms with Crippen LogP contribution in [0.2, 0.25) is 0 Å². The van der Waals surface area contributed by atoms with Gasteiger partial charge in [0.2, 0.25) is 0 Å². The van der Waals surface area contributed by atoms with Gasteiger partial charge in [-0.25, -0.2) is 4.98 Å². The van der Waals surface area contributed by atoms with Gasteiger partial charge in [0.15, 0.2) is 0 Å². The lowest BCUT2D eigenvalue weighted by atomic mass is 10.0. The van der Waals surface area contributed by atoms with Crippen LogP contribution in [0.3, 0.4) is 0 Å². The molecular formula is C15H22N2O. The number of pyridine rings is 1. The van der Waals surface area contributed by atoms with E-state index in [1.807, 2.05) is 19.1 Å². The molecule has 0 aromatic carbocycles. The summed E-state index contributed by atoms with van der Waals surface area (Å²) in [6.07, 6.45) is 2.06. The number of imidazole rings is 1. The molecule has 0 fully saturated rings. The molecule has 2 rings (SSSR count). The Balaban J connectivity index is 2.61. The van der Waals surface area contributed by atoms with Crippen LogP contribution in [0.1, 0.15) is 57.8 Å². The van der Waals surface area contributed by atoms with Crippen molar-refractivity contribution < 1.29 is 4.74 Å². The van der Waals surface area contributed by atoms with Gasteiger partial charge in [-0.2, -0.15) is 0 Å². The molecule has 0 saturated carbocycles. The molecule has 2 heterocycles. The van der Waals surface area contributed by atoms with Gasteiger partial charge < -0.3 is 9.14 Å². The lowest BCUT2D eigenvalue weighted by Crippen LogP contribution is -2.00. The van der Waals surface area contributed by atoms with E-state index >= 15 is 0 Å². The molecule has 0 saturated heterocycles. The molecule has 0 aliphatic carbocycles. The fourth-order valence-electron chi connectivity index (χ4n) is 2.32. The summed E-state index contributed by atoms with van der Waals surface area (Å²) >= 11 is 0. The van der Waals surface area contributed by atoms with E-state index in [2.05, 4.69) is 38.3 Å². The average Bonchev–Trinajstić information content (AvgIpc) is 2.68. The minimum Gasteiger partial charge on any atom is -0.494 e. The first-order valence-electron chi connectivity index (χ1n) is 6.69. The molecule has 0 atom stereocenters. The van der Waals surface area contributed by atoms with Gasteiger partial charge in [-0.3, -0.25) is 0 Å². The topological polar surface area (TPSA) is 26.5 Å². The van der Waals surface area contributed by atoms with Crippen LogP contribution in [0.15, 0.2) is 18.3 Å². The molecule has 0 radical (unpaired) electrons. The molecule has 0 bridgehead atoms. The smallest absolute Gasteiger partial charge is 0.140 e. The van der Waals surface area contributed by atoms with Crippen molar-refractivity contribution in [3.05, 3.63) is 29.7 Å². The van der Waals surface area contributed by atoms with Crippen LogP contribution in [-0.2, 0) is 0 Å². The zero-order chi connectivity index (χ0) is 13.3. The SMILES string of the molecule is CCOc1ccn2c(C(C)C)c(C(C)C)nc2c1. The second kappa shape index (κ2) is 5.01. The van der Waals surface area contributed by atoms with Gasteiger partial charge in [-0.1, -0.05) is 27.7 Å². The first-order valence-corrected chi connectivity index (χ1v) is 6.69. The molecule has 3 heteroatoms. The summed E-state index contributed by atoms with van der Waals surface area (Å²) in [5, 5.41) is 0. The highest BCUT2D eigenvalue weighted by Crippen LogP contribution is 2.28. The molecule has 18 heavy (non-hydrogen) atoms. The largest absolute Gasteiger partial charge is 0.494 e. The van der Waals surface area contributed by atoms with Crippen LogP contribution in [-0.4, -0.2) is 16.0 Å². The molecule has 0 aliphatic rings. The fourth-order valence-corrected chi connectivity index (χ4v) is 2.32. The Hall–Kier alpha value is -1.51. The summed E-state index contributed by atoms with van der Waals surface area (Å²) in [6.45, 7) is 11.5. The van der Waals surface area contributed by atoms with E-state index in [4.69, 9.17) is 9.72 Å². The maximum Gasteiger partial charge on any atom is 0.140 e. The fraction of sp³-hybridized carbons (Fsp3) is 0.533. The number of ether oxygens (including phenoxy) is 1. The van der Waals surface area contributed by atoms with Gasteiger partial charge in [0, 0.05) is 18.0 Å². The zero-order valence-corrected chi connectivity index (χ0v) is 11.9. The lowest BCUT2D eigenvalue weighted by Gasteiger charge is -2.10. The molecule has 0 aliphatic heterocycles. The van der Waals surface area contributed by atoms with Crippen molar-refractivity contribution in [2.24, 2.45) is 0 Å². The molecule has 98 valence electrons. The van der Waals surface area contributed by atoms with Gasteiger partial charge in [0.05, 0.1) is 12.3 Å². The third-order valence-corrected chi connectivity index (χ3v) is 3.07. The predicted molar refractivity (Wildman–Crippen MR) is 74.5 cm³/mol. The van der Waals surface area contributed by atoms with E-state index in [9.17, 15) is 0 Å². The normalized spacial score (nSPS) is 11.7. The van der Waals surface area contributed by atoms with Crippen molar-refractivity contribution in [2.75, 3.05) is 6.61 Å². The van der Waals surface area contributed by atoms with E-state index in [0.717, 1.165) is 11.4 Å². The third-order valence-electron chi connectivity index (χ3n) is 3.07. The van der Waals surface area contributed by atoms with Gasteiger partial charge in [-0.05, 0) is 24.8 Å². The number of rotatable bonds is 4. The van der Waals surface area contributed by atoms with E-state index in [1.54, 1.807) is 0 Å². The van der Waals surface area contributed by atoms with E-state index in [-0.39, 0.29) is 0 Å². The van der Waals surface area contributed by atoms with Crippen LogP contribution in [0.5, 0.6) is 5.75 Å². The molecule has 2 aromatic heterocycles. The average molecular weight is 246 g/mol. The van der Waals surface area contributed by atoms with Crippen molar-refractivity contribution in [3.63, 3.8) is 0 Å². The standard InChI is InChI=1S/C15H22N2O/c1-6-18-12-7-8-17-13(9-12)16-14(10(2)3)15(17)11(4)5/h7-11H,6H2,1-5H3. The van der Waals surface area contributed by atoms with Crippen molar-refractivity contribution in [2.45, 2.75) is 46.5 Å². The Morgan fingerprint density at radius 1 is 1.22 bits per heavy atom. The maximum atomic E-state index is 5.53. The quantitative estimate of drug-likeness (QED) is 0.815. The van der Waals surface area contributed by atoms with Crippen molar-refractivity contribution in [3.8, 4) is 5.75 Å². The van der Waals surface area contributed by atoms with Crippen LogP contribution in [0, 0.1) is 0 Å². The molecule has 3 nitrogen and oxygen atoms in total. The minimum absolute atomic E-state index is 0.442. The van der Waals surface area contributed by atoms with Crippen LogP contribution >= 0.6 is 0 Å². The predicted octanol–water partition coefficient (Wildman–Crippen LogP) is 3.98. The Kier molecular flexibility index (Phi) is 3.60. The number of hydrogen-bond donors (Lipinski definition) is 0. The zero-order valence-electron chi connectivity index (χ0n) is 11.9. The van der Waals surface area contributed by atoms with Crippen molar-refractivity contribution in [1.82, 2.24) is 9.38 Å². The molecule has 0 amide bonds. The number of fused-ring (bicyclic) bond motifs is 1. The van der Waals surface area contributed by atoms with Crippen LogP contribution in [0.4, 0.5) is 0 Å². The Bertz CT molecular complexity index is 541. The summed E-state index contributed by atoms with van der Waals surface area (Å²) < 4.78 is 7.71. The number of nitrogens with zero attached hydrogens (tertiary/aromatic N) is 2. The highest BCUT2D eigenvalue weighted by molar-refractivity contribution is 5.49. The number of hydrogen-bond acceptors (Lipinski definition) is 2. The van der Waals surface area contributed by atoms with Gasteiger partial charge in [-0.15, -0.1) is 0 Å². The Labute approximate surface area is 109 Å². The molecule has 0 unspecified atom stereocenters. The first-order chi connectivity index (χ1) is 8.54. The first kappa shape index (κ1) is 12.9. The molecule has 2 aromatic rings. The van der Waals surface area contributed by atoms with E-state index in [1.165, 1.54) is 11.4 Å². The van der Waals surface area contributed by atoms with Crippen LogP contribution < -0.4 is 4.74 Å². The molecule has 0 spiro atoms. The molecular weight excluding hydrogens is 224 g/mol. The summed E-state index contributed by atoms with van der Waals surface area (Å²) in [5.41, 5.74) is 3.48. The Morgan fingerprint density at radius 3 is 2.50 bits per heavy atom. The second-order valence-electron chi connectivity index (χ2n) is 5.22. The van der Waals surface area contributed by atoms with E-state index < -0.39 is 0 Å². The minimum atomic E-state index is 0.442. The lowest BCUT2D eigenvalue weighted by molar-refractivity contribution is 0.340. The maximum absolute atomic E-state index is 5.53. The second-order valence-corrected chi connectivity index (χ2v) is 5.22.